The highest BCUT2D eigenvalue weighted by atomic mass is 19.1. The van der Waals surface area contributed by atoms with Crippen molar-refractivity contribution in [2.45, 2.75) is 19.9 Å². The summed E-state index contributed by atoms with van der Waals surface area (Å²) in [6.07, 6.45) is 0. The van der Waals surface area contributed by atoms with Gasteiger partial charge in [0.1, 0.15) is 11.5 Å². The molecule has 3 aromatic rings. The Balaban J connectivity index is 2.26. The van der Waals surface area contributed by atoms with E-state index in [0.717, 1.165) is 5.56 Å². The van der Waals surface area contributed by atoms with E-state index in [2.05, 4.69) is 9.97 Å². The van der Waals surface area contributed by atoms with Crippen molar-refractivity contribution in [2.24, 2.45) is 0 Å². The lowest BCUT2D eigenvalue weighted by Gasteiger charge is -2.25. The molecule has 6 heteroatoms. The molecule has 0 aliphatic heterocycles. The average Bonchev–Trinajstić information content (AvgIpc) is 2.60. The number of fused-ring (bicyclic) bond motifs is 1. The van der Waals surface area contributed by atoms with Crippen LogP contribution in [0.25, 0.3) is 22.3 Å². The molecule has 0 unspecified atom stereocenters. The standard InChI is InChI=1S/C19H18FN3O2/c1-11(2)23(3)18-17(12-4-7-14(20)8-5-12)21-15-9-6-13(19(24)25)10-16(15)22-18/h4-11H,1-3H3,(H,24,25). The Bertz CT molecular complexity index is 939. The molecule has 1 heterocycles. The molecule has 5 nitrogen and oxygen atoms in total. The van der Waals surface area contributed by atoms with Crippen molar-refractivity contribution in [2.75, 3.05) is 11.9 Å². The van der Waals surface area contributed by atoms with E-state index in [1.165, 1.54) is 24.3 Å². The smallest absolute Gasteiger partial charge is 0.335 e. The summed E-state index contributed by atoms with van der Waals surface area (Å²) in [5, 5.41) is 9.18. The van der Waals surface area contributed by atoms with Gasteiger partial charge in [0.25, 0.3) is 0 Å². The molecule has 0 saturated carbocycles. The number of benzene rings is 2. The number of anilines is 1. The number of carbonyl (C=O) groups is 1. The van der Waals surface area contributed by atoms with Gasteiger partial charge < -0.3 is 10.0 Å². The highest BCUT2D eigenvalue weighted by molar-refractivity contribution is 5.93. The van der Waals surface area contributed by atoms with Gasteiger partial charge in [0.15, 0.2) is 5.82 Å². The fourth-order valence-corrected chi connectivity index (χ4v) is 2.47. The third kappa shape index (κ3) is 3.28. The van der Waals surface area contributed by atoms with Gasteiger partial charge in [-0.25, -0.2) is 19.2 Å². The zero-order chi connectivity index (χ0) is 18.1. The molecule has 0 atom stereocenters. The van der Waals surface area contributed by atoms with Crippen molar-refractivity contribution in [1.82, 2.24) is 9.97 Å². The van der Waals surface area contributed by atoms with Gasteiger partial charge in [0, 0.05) is 18.7 Å². The van der Waals surface area contributed by atoms with Crippen LogP contribution in [-0.4, -0.2) is 34.1 Å². The van der Waals surface area contributed by atoms with Crippen molar-refractivity contribution in [3.8, 4) is 11.3 Å². The van der Waals surface area contributed by atoms with Crippen molar-refractivity contribution < 1.29 is 14.3 Å². The molecular weight excluding hydrogens is 321 g/mol. The molecule has 3 rings (SSSR count). The zero-order valence-electron chi connectivity index (χ0n) is 14.2. The molecule has 0 bridgehead atoms. The SMILES string of the molecule is CC(C)N(C)c1nc2cc(C(=O)O)ccc2nc1-c1ccc(F)cc1. The lowest BCUT2D eigenvalue weighted by Crippen LogP contribution is -2.27. The molecule has 0 amide bonds. The number of aromatic carboxylic acids is 1. The van der Waals surface area contributed by atoms with Crippen LogP contribution in [0.1, 0.15) is 24.2 Å². The number of nitrogens with zero attached hydrogens (tertiary/aromatic N) is 3. The molecule has 128 valence electrons. The fourth-order valence-electron chi connectivity index (χ4n) is 2.47. The van der Waals surface area contributed by atoms with Crippen LogP contribution in [0.4, 0.5) is 10.2 Å². The maximum atomic E-state index is 13.3. The van der Waals surface area contributed by atoms with E-state index in [1.54, 1.807) is 18.2 Å². The van der Waals surface area contributed by atoms with Gasteiger partial charge in [0.2, 0.25) is 0 Å². The first-order chi connectivity index (χ1) is 11.9. The van der Waals surface area contributed by atoms with E-state index in [0.29, 0.717) is 22.5 Å². The normalized spacial score (nSPS) is 11.1. The van der Waals surface area contributed by atoms with Crippen molar-refractivity contribution >= 4 is 22.8 Å². The van der Waals surface area contributed by atoms with Crippen LogP contribution in [0.5, 0.6) is 0 Å². The van der Waals surface area contributed by atoms with Crippen LogP contribution < -0.4 is 4.90 Å². The molecule has 2 aromatic carbocycles. The van der Waals surface area contributed by atoms with Gasteiger partial charge in [-0.3, -0.25) is 0 Å². The molecule has 0 aliphatic carbocycles. The van der Waals surface area contributed by atoms with Gasteiger partial charge >= 0.3 is 5.97 Å². The maximum Gasteiger partial charge on any atom is 0.335 e. The van der Waals surface area contributed by atoms with Crippen LogP contribution >= 0.6 is 0 Å². The Labute approximate surface area is 144 Å². The predicted molar refractivity (Wildman–Crippen MR) is 95.4 cm³/mol. The van der Waals surface area contributed by atoms with Gasteiger partial charge in [0.05, 0.1) is 16.6 Å². The van der Waals surface area contributed by atoms with E-state index in [1.807, 2.05) is 25.8 Å². The zero-order valence-corrected chi connectivity index (χ0v) is 14.2. The molecule has 1 aromatic heterocycles. The van der Waals surface area contributed by atoms with Crippen LogP contribution in [-0.2, 0) is 0 Å². The third-order valence-corrected chi connectivity index (χ3v) is 4.12. The summed E-state index contributed by atoms with van der Waals surface area (Å²) < 4.78 is 13.3. The van der Waals surface area contributed by atoms with E-state index < -0.39 is 5.97 Å². The number of rotatable bonds is 4. The molecule has 0 aliphatic rings. The average molecular weight is 339 g/mol. The second-order valence-electron chi connectivity index (χ2n) is 6.12. The number of hydrogen-bond donors (Lipinski definition) is 1. The summed E-state index contributed by atoms with van der Waals surface area (Å²) in [4.78, 5) is 22.5. The van der Waals surface area contributed by atoms with Crippen molar-refractivity contribution in [1.29, 1.82) is 0 Å². The molecule has 1 N–H and O–H groups in total. The second kappa shape index (κ2) is 6.47. The first kappa shape index (κ1) is 16.8. The van der Waals surface area contributed by atoms with Crippen LogP contribution in [0, 0.1) is 5.82 Å². The Hall–Kier alpha value is -3.02. The fraction of sp³-hybridized carbons (Fsp3) is 0.211. The summed E-state index contributed by atoms with van der Waals surface area (Å²) in [5.74, 6) is -0.705. The van der Waals surface area contributed by atoms with E-state index in [-0.39, 0.29) is 17.4 Å². The third-order valence-electron chi connectivity index (χ3n) is 4.12. The summed E-state index contributed by atoms with van der Waals surface area (Å²) in [7, 11) is 1.90. The lowest BCUT2D eigenvalue weighted by molar-refractivity contribution is 0.0697. The number of carboxylic acid groups (broad SMARTS) is 1. The largest absolute Gasteiger partial charge is 0.478 e. The highest BCUT2D eigenvalue weighted by Crippen LogP contribution is 2.30. The van der Waals surface area contributed by atoms with Crippen LogP contribution in [0.2, 0.25) is 0 Å². The minimum atomic E-state index is -1.01. The Morgan fingerprint density at radius 2 is 1.76 bits per heavy atom. The summed E-state index contributed by atoms with van der Waals surface area (Å²) in [6.45, 7) is 4.04. The molecular formula is C19H18FN3O2. The Morgan fingerprint density at radius 3 is 2.36 bits per heavy atom. The Morgan fingerprint density at radius 1 is 1.08 bits per heavy atom. The van der Waals surface area contributed by atoms with Gasteiger partial charge in [-0.1, -0.05) is 0 Å². The van der Waals surface area contributed by atoms with Gasteiger partial charge in [-0.2, -0.15) is 0 Å². The van der Waals surface area contributed by atoms with Crippen molar-refractivity contribution in [3.63, 3.8) is 0 Å². The van der Waals surface area contributed by atoms with Crippen LogP contribution in [0.3, 0.4) is 0 Å². The molecule has 0 saturated heterocycles. The summed E-state index contributed by atoms with van der Waals surface area (Å²) in [6, 6.07) is 10.9. The minimum absolute atomic E-state index is 0.161. The second-order valence-corrected chi connectivity index (χ2v) is 6.12. The quantitative estimate of drug-likeness (QED) is 0.779. The van der Waals surface area contributed by atoms with Gasteiger partial charge in [-0.05, 0) is 56.3 Å². The van der Waals surface area contributed by atoms with E-state index in [9.17, 15) is 14.3 Å². The first-order valence-electron chi connectivity index (χ1n) is 7.90. The van der Waals surface area contributed by atoms with Crippen LogP contribution in [0.15, 0.2) is 42.5 Å². The predicted octanol–water partition coefficient (Wildman–Crippen LogP) is 3.98. The number of carboxylic acids is 1. The Kier molecular flexibility index (Phi) is 4.35. The number of hydrogen-bond acceptors (Lipinski definition) is 4. The van der Waals surface area contributed by atoms with Gasteiger partial charge in [-0.15, -0.1) is 0 Å². The topological polar surface area (TPSA) is 66.3 Å². The highest BCUT2D eigenvalue weighted by Gasteiger charge is 2.17. The maximum absolute atomic E-state index is 13.3. The minimum Gasteiger partial charge on any atom is -0.478 e. The van der Waals surface area contributed by atoms with E-state index in [4.69, 9.17) is 0 Å². The summed E-state index contributed by atoms with van der Waals surface area (Å²) in [5.41, 5.74) is 2.64. The number of aromatic nitrogens is 2. The number of halogens is 1. The van der Waals surface area contributed by atoms with E-state index >= 15 is 0 Å². The van der Waals surface area contributed by atoms with Crippen molar-refractivity contribution in [3.05, 3.63) is 53.8 Å². The monoisotopic (exact) mass is 339 g/mol. The molecule has 0 radical (unpaired) electrons. The summed E-state index contributed by atoms with van der Waals surface area (Å²) >= 11 is 0. The molecule has 0 spiro atoms. The lowest BCUT2D eigenvalue weighted by atomic mass is 10.1. The molecule has 25 heavy (non-hydrogen) atoms. The molecule has 0 fully saturated rings. The first-order valence-corrected chi connectivity index (χ1v) is 7.90.